The predicted octanol–water partition coefficient (Wildman–Crippen LogP) is 1.97. The number of aryl methyl sites for hydroxylation is 1. The molecule has 6 heteroatoms. The molecule has 0 aliphatic heterocycles. The van der Waals surface area contributed by atoms with Crippen molar-refractivity contribution in [2.24, 2.45) is 0 Å². The molecular weight excluding hydrogens is 242 g/mol. The lowest BCUT2D eigenvalue weighted by Gasteiger charge is -2.16. The fourth-order valence-electron chi connectivity index (χ4n) is 2.67. The molecule has 19 heavy (non-hydrogen) atoms. The zero-order valence-corrected chi connectivity index (χ0v) is 11.2. The van der Waals surface area contributed by atoms with Gasteiger partial charge >= 0.3 is 0 Å². The molecule has 0 spiro atoms. The molecule has 1 saturated carbocycles. The number of hydrogen-bond donors (Lipinski definition) is 2. The van der Waals surface area contributed by atoms with Crippen LogP contribution in [0.15, 0.2) is 6.33 Å². The zero-order valence-electron chi connectivity index (χ0n) is 11.2. The quantitative estimate of drug-likeness (QED) is 0.809. The Morgan fingerprint density at radius 2 is 1.84 bits per heavy atom. The summed E-state index contributed by atoms with van der Waals surface area (Å²) < 4.78 is 0. The lowest BCUT2D eigenvalue weighted by atomic mass is 10.1. The third-order valence-electron chi connectivity index (χ3n) is 3.71. The Labute approximate surface area is 112 Å². The highest BCUT2D eigenvalue weighted by molar-refractivity contribution is 5.86. The third-order valence-corrected chi connectivity index (χ3v) is 3.71. The molecule has 1 aliphatic rings. The molecule has 0 atom stereocenters. The molecule has 6 nitrogen and oxygen atoms in total. The van der Waals surface area contributed by atoms with Crippen LogP contribution in [0.3, 0.4) is 0 Å². The van der Waals surface area contributed by atoms with Gasteiger partial charge in [-0.3, -0.25) is 5.10 Å². The molecule has 1 fully saturated rings. The van der Waals surface area contributed by atoms with Crippen molar-refractivity contribution in [2.75, 3.05) is 5.32 Å². The van der Waals surface area contributed by atoms with Gasteiger partial charge in [-0.1, -0.05) is 25.7 Å². The smallest absolute Gasteiger partial charge is 0.158 e. The molecule has 0 radical (unpaired) electrons. The Balaban J connectivity index is 0.00000133. The molecule has 104 valence electrons. The van der Waals surface area contributed by atoms with Gasteiger partial charge in [0, 0.05) is 6.04 Å². The summed E-state index contributed by atoms with van der Waals surface area (Å²) in [6.07, 6.45) is 9.42. The molecule has 2 aromatic rings. The SMILES string of the molecule is Cc1[nH]nc2c(NC3CCCCCC3)ncnc12.O. The second-order valence-corrected chi connectivity index (χ2v) is 5.10. The summed E-state index contributed by atoms with van der Waals surface area (Å²) in [6, 6.07) is 0.530. The maximum Gasteiger partial charge on any atom is 0.158 e. The van der Waals surface area contributed by atoms with E-state index in [-0.39, 0.29) is 5.48 Å². The van der Waals surface area contributed by atoms with Crippen LogP contribution in [0.2, 0.25) is 0 Å². The fraction of sp³-hybridized carbons (Fsp3) is 0.615. The number of anilines is 1. The molecule has 0 bridgehead atoms. The fourth-order valence-corrected chi connectivity index (χ4v) is 2.67. The van der Waals surface area contributed by atoms with Gasteiger partial charge in [0.2, 0.25) is 0 Å². The Morgan fingerprint density at radius 3 is 2.58 bits per heavy atom. The summed E-state index contributed by atoms with van der Waals surface area (Å²) in [5, 5.41) is 10.8. The van der Waals surface area contributed by atoms with E-state index in [4.69, 9.17) is 0 Å². The summed E-state index contributed by atoms with van der Waals surface area (Å²) in [6.45, 7) is 1.98. The summed E-state index contributed by atoms with van der Waals surface area (Å²) in [7, 11) is 0. The van der Waals surface area contributed by atoms with E-state index in [2.05, 4.69) is 25.5 Å². The van der Waals surface area contributed by atoms with E-state index in [0.717, 1.165) is 22.5 Å². The second kappa shape index (κ2) is 5.97. The first-order valence-electron chi connectivity index (χ1n) is 6.77. The van der Waals surface area contributed by atoms with Crippen LogP contribution in [0.25, 0.3) is 11.0 Å². The van der Waals surface area contributed by atoms with Gasteiger partial charge in [-0.15, -0.1) is 0 Å². The lowest BCUT2D eigenvalue weighted by molar-refractivity contribution is 0.618. The highest BCUT2D eigenvalue weighted by atomic mass is 16.0. The maximum atomic E-state index is 4.34. The van der Waals surface area contributed by atoms with Crippen LogP contribution in [-0.4, -0.2) is 31.7 Å². The van der Waals surface area contributed by atoms with E-state index < -0.39 is 0 Å². The summed E-state index contributed by atoms with van der Waals surface area (Å²) in [5.74, 6) is 0.872. The van der Waals surface area contributed by atoms with E-state index >= 15 is 0 Å². The van der Waals surface area contributed by atoms with Crippen LogP contribution < -0.4 is 5.32 Å². The van der Waals surface area contributed by atoms with Gasteiger partial charge in [0.1, 0.15) is 11.8 Å². The van der Waals surface area contributed by atoms with Crippen LogP contribution in [0.5, 0.6) is 0 Å². The molecule has 1 aliphatic carbocycles. The van der Waals surface area contributed by atoms with Crippen molar-refractivity contribution in [3.8, 4) is 0 Å². The Kier molecular flexibility index (Phi) is 4.31. The average Bonchev–Trinajstić information content (AvgIpc) is 2.62. The van der Waals surface area contributed by atoms with Crippen molar-refractivity contribution in [3.63, 3.8) is 0 Å². The highest BCUT2D eigenvalue weighted by Gasteiger charge is 2.15. The van der Waals surface area contributed by atoms with Gasteiger partial charge in [-0.25, -0.2) is 9.97 Å². The number of aromatic nitrogens is 4. The van der Waals surface area contributed by atoms with Crippen LogP contribution in [0.4, 0.5) is 5.82 Å². The number of hydrogen-bond acceptors (Lipinski definition) is 4. The van der Waals surface area contributed by atoms with Crippen molar-refractivity contribution in [3.05, 3.63) is 12.0 Å². The lowest BCUT2D eigenvalue weighted by Crippen LogP contribution is -2.19. The number of nitrogens with one attached hydrogen (secondary N) is 2. The van der Waals surface area contributed by atoms with Crippen molar-refractivity contribution >= 4 is 16.9 Å². The minimum absolute atomic E-state index is 0. The second-order valence-electron chi connectivity index (χ2n) is 5.10. The predicted molar refractivity (Wildman–Crippen MR) is 75.1 cm³/mol. The van der Waals surface area contributed by atoms with Gasteiger partial charge < -0.3 is 10.8 Å². The van der Waals surface area contributed by atoms with Crippen molar-refractivity contribution in [2.45, 2.75) is 51.5 Å². The van der Waals surface area contributed by atoms with Gasteiger partial charge in [0.05, 0.1) is 5.69 Å². The van der Waals surface area contributed by atoms with Gasteiger partial charge in [0.25, 0.3) is 0 Å². The Hall–Kier alpha value is -1.69. The van der Waals surface area contributed by atoms with Gasteiger partial charge in [0.15, 0.2) is 11.3 Å². The highest BCUT2D eigenvalue weighted by Crippen LogP contribution is 2.24. The number of rotatable bonds is 2. The molecule has 2 heterocycles. The molecule has 0 amide bonds. The number of fused-ring (bicyclic) bond motifs is 1. The average molecular weight is 263 g/mol. The van der Waals surface area contributed by atoms with E-state index in [9.17, 15) is 0 Å². The Morgan fingerprint density at radius 1 is 1.11 bits per heavy atom. The van der Waals surface area contributed by atoms with Crippen molar-refractivity contribution in [1.82, 2.24) is 20.2 Å². The monoisotopic (exact) mass is 263 g/mol. The molecule has 2 aromatic heterocycles. The first-order chi connectivity index (χ1) is 8.84. The number of nitrogens with zero attached hydrogens (tertiary/aromatic N) is 3. The minimum atomic E-state index is 0. The molecule has 0 aromatic carbocycles. The standard InChI is InChI=1S/C13H19N5.H2O/c1-9-11-12(18-17-9)13(15-8-14-11)16-10-6-4-2-3-5-7-10;/h8,10H,2-7H2,1H3,(H,17,18)(H,14,15,16);1H2. The van der Waals surface area contributed by atoms with Gasteiger partial charge in [-0.05, 0) is 19.8 Å². The molecule has 0 saturated heterocycles. The van der Waals surface area contributed by atoms with Gasteiger partial charge in [-0.2, -0.15) is 5.10 Å². The number of H-pyrrole nitrogens is 1. The van der Waals surface area contributed by atoms with E-state index in [1.54, 1.807) is 6.33 Å². The topological polar surface area (TPSA) is 98.0 Å². The van der Waals surface area contributed by atoms with Crippen LogP contribution in [0.1, 0.15) is 44.2 Å². The van der Waals surface area contributed by atoms with Crippen LogP contribution >= 0.6 is 0 Å². The number of aromatic amines is 1. The Bertz CT molecular complexity index is 531. The van der Waals surface area contributed by atoms with E-state index in [1.807, 2.05) is 6.92 Å². The van der Waals surface area contributed by atoms with Crippen LogP contribution in [0, 0.1) is 6.92 Å². The van der Waals surface area contributed by atoms with E-state index in [0.29, 0.717) is 6.04 Å². The zero-order chi connectivity index (χ0) is 12.4. The summed E-state index contributed by atoms with van der Waals surface area (Å²) in [4.78, 5) is 8.61. The van der Waals surface area contributed by atoms with E-state index in [1.165, 1.54) is 38.5 Å². The first kappa shape index (κ1) is 13.7. The molecule has 0 unspecified atom stereocenters. The van der Waals surface area contributed by atoms with Crippen molar-refractivity contribution < 1.29 is 5.48 Å². The summed E-state index contributed by atoms with van der Waals surface area (Å²) >= 11 is 0. The molecule has 3 rings (SSSR count). The third kappa shape index (κ3) is 2.84. The largest absolute Gasteiger partial charge is 0.412 e. The minimum Gasteiger partial charge on any atom is -0.412 e. The summed E-state index contributed by atoms with van der Waals surface area (Å²) in [5.41, 5.74) is 2.77. The normalized spacial score (nSPS) is 16.9. The van der Waals surface area contributed by atoms with Crippen LogP contribution in [-0.2, 0) is 0 Å². The molecule has 4 N–H and O–H groups in total. The molecular formula is C13H21N5O. The maximum absolute atomic E-state index is 4.34. The van der Waals surface area contributed by atoms with Crippen molar-refractivity contribution in [1.29, 1.82) is 0 Å². The first-order valence-corrected chi connectivity index (χ1v) is 6.77.